The molecule has 0 amide bonds. The first-order valence-electron chi connectivity index (χ1n) is 9.00. The van der Waals surface area contributed by atoms with E-state index in [1.807, 2.05) is 29.8 Å². The third-order valence-corrected chi connectivity index (χ3v) is 4.89. The average molecular weight is 368 g/mol. The standard InChI is InChI=1S/C19H20N4O4/c1-11-14(9-24-2)17(22-27-11)19-20-18(13-4-5-13)21-23(19)8-12-3-6-15-16(7-12)26-10-25-15/h3,6-7,13H,4-5,8-10H2,1-2H3. The molecular weight excluding hydrogens is 348 g/mol. The van der Waals surface area contributed by atoms with Crippen LogP contribution in [-0.2, 0) is 17.9 Å². The van der Waals surface area contributed by atoms with Gasteiger partial charge in [0, 0.05) is 13.0 Å². The number of aromatic nitrogens is 4. The highest BCUT2D eigenvalue weighted by Gasteiger charge is 2.31. The Morgan fingerprint density at radius 1 is 1.22 bits per heavy atom. The molecule has 3 aromatic rings. The Balaban J connectivity index is 1.54. The largest absolute Gasteiger partial charge is 0.454 e. The first-order chi connectivity index (χ1) is 13.2. The van der Waals surface area contributed by atoms with E-state index in [0.717, 1.165) is 47.1 Å². The lowest BCUT2D eigenvalue weighted by molar-refractivity contribution is 0.174. The summed E-state index contributed by atoms with van der Waals surface area (Å²) in [5.41, 5.74) is 2.65. The third-order valence-electron chi connectivity index (χ3n) is 4.89. The van der Waals surface area contributed by atoms with Gasteiger partial charge in [-0.05, 0) is 37.5 Å². The lowest BCUT2D eigenvalue weighted by Crippen LogP contribution is -2.06. The SMILES string of the molecule is COCc1c(-c2nc(C3CC3)nn2Cc2ccc3c(c2)OCO3)noc1C. The van der Waals surface area contributed by atoms with Crippen LogP contribution in [0.2, 0.25) is 0 Å². The van der Waals surface area contributed by atoms with Crippen molar-refractivity contribution in [3.63, 3.8) is 0 Å². The van der Waals surface area contributed by atoms with Gasteiger partial charge in [-0.3, -0.25) is 0 Å². The van der Waals surface area contributed by atoms with Crippen LogP contribution in [0.1, 0.15) is 41.5 Å². The molecule has 0 unspecified atom stereocenters. The zero-order valence-electron chi connectivity index (χ0n) is 15.3. The normalized spacial score (nSPS) is 15.5. The van der Waals surface area contributed by atoms with Crippen molar-refractivity contribution in [3.05, 3.63) is 40.9 Å². The lowest BCUT2D eigenvalue weighted by Gasteiger charge is -2.07. The summed E-state index contributed by atoms with van der Waals surface area (Å²) < 4.78 is 23.5. The van der Waals surface area contributed by atoms with Crippen LogP contribution in [0, 0.1) is 6.92 Å². The summed E-state index contributed by atoms with van der Waals surface area (Å²) in [6.45, 7) is 3.12. The van der Waals surface area contributed by atoms with Crippen LogP contribution < -0.4 is 9.47 Å². The molecule has 3 heterocycles. The number of rotatable bonds is 6. The van der Waals surface area contributed by atoms with Crippen molar-refractivity contribution in [2.45, 2.75) is 38.8 Å². The van der Waals surface area contributed by atoms with Gasteiger partial charge < -0.3 is 18.7 Å². The van der Waals surface area contributed by atoms with Crippen LogP contribution in [0.4, 0.5) is 0 Å². The van der Waals surface area contributed by atoms with Crippen LogP contribution in [0.25, 0.3) is 11.5 Å². The lowest BCUT2D eigenvalue weighted by atomic mass is 10.2. The van der Waals surface area contributed by atoms with Crippen LogP contribution in [-0.4, -0.2) is 33.8 Å². The van der Waals surface area contributed by atoms with Gasteiger partial charge >= 0.3 is 0 Å². The molecule has 8 heteroatoms. The monoisotopic (exact) mass is 368 g/mol. The van der Waals surface area contributed by atoms with Gasteiger partial charge in [0.1, 0.15) is 5.76 Å². The Morgan fingerprint density at radius 2 is 2.07 bits per heavy atom. The maximum atomic E-state index is 5.49. The maximum absolute atomic E-state index is 5.49. The van der Waals surface area contributed by atoms with E-state index in [1.165, 1.54) is 0 Å². The van der Waals surface area contributed by atoms with Crippen molar-refractivity contribution in [1.29, 1.82) is 0 Å². The van der Waals surface area contributed by atoms with Crippen LogP contribution >= 0.6 is 0 Å². The molecule has 8 nitrogen and oxygen atoms in total. The maximum Gasteiger partial charge on any atom is 0.231 e. The van der Waals surface area contributed by atoms with Crippen LogP contribution in [0.3, 0.4) is 0 Å². The number of fused-ring (bicyclic) bond motifs is 1. The van der Waals surface area contributed by atoms with Gasteiger partial charge in [0.15, 0.2) is 28.8 Å². The molecule has 1 aliphatic carbocycles. The molecule has 1 aromatic carbocycles. The van der Waals surface area contributed by atoms with Gasteiger partial charge in [-0.15, -0.1) is 0 Å². The predicted octanol–water partition coefficient (Wildman–Crippen LogP) is 3.04. The Kier molecular flexibility index (Phi) is 3.86. The highest BCUT2D eigenvalue weighted by molar-refractivity contribution is 5.56. The first-order valence-corrected chi connectivity index (χ1v) is 9.00. The minimum absolute atomic E-state index is 0.262. The molecule has 0 atom stereocenters. The molecule has 0 saturated heterocycles. The Bertz CT molecular complexity index is 990. The Hall–Kier alpha value is -2.87. The van der Waals surface area contributed by atoms with E-state index in [-0.39, 0.29) is 6.79 Å². The molecule has 0 spiro atoms. The van der Waals surface area contributed by atoms with Crippen molar-refractivity contribution in [1.82, 2.24) is 19.9 Å². The zero-order chi connectivity index (χ0) is 18.4. The Labute approximate surface area is 156 Å². The second-order valence-corrected chi connectivity index (χ2v) is 6.91. The predicted molar refractivity (Wildman–Crippen MR) is 94.6 cm³/mol. The molecule has 1 fully saturated rings. The number of hydrogen-bond acceptors (Lipinski definition) is 7. The molecule has 2 aliphatic rings. The molecule has 0 bridgehead atoms. The van der Waals surface area contributed by atoms with Gasteiger partial charge in [-0.2, -0.15) is 5.10 Å². The van der Waals surface area contributed by atoms with Gasteiger partial charge in [0.05, 0.1) is 18.7 Å². The summed E-state index contributed by atoms with van der Waals surface area (Å²) in [5.74, 6) is 4.28. The van der Waals surface area contributed by atoms with Crippen molar-refractivity contribution in [2.24, 2.45) is 0 Å². The number of hydrogen-bond donors (Lipinski definition) is 0. The molecule has 27 heavy (non-hydrogen) atoms. The van der Waals surface area contributed by atoms with E-state index in [4.69, 9.17) is 28.8 Å². The molecular formula is C19H20N4O4. The fraction of sp³-hybridized carbons (Fsp3) is 0.421. The number of methoxy groups -OCH3 is 1. The minimum Gasteiger partial charge on any atom is -0.454 e. The molecule has 2 aromatic heterocycles. The van der Waals surface area contributed by atoms with E-state index in [2.05, 4.69) is 5.16 Å². The quantitative estimate of drug-likeness (QED) is 0.661. The fourth-order valence-corrected chi connectivity index (χ4v) is 3.25. The minimum atomic E-state index is 0.262. The third kappa shape index (κ3) is 2.95. The number of ether oxygens (including phenoxy) is 3. The van der Waals surface area contributed by atoms with Crippen molar-refractivity contribution >= 4 is 0 Å². The second-order valence-electron chi connectivity index (χ2n) is 6.91. The van der Waals surface area contributed by atoms with E-state index in [0.29, 0.717) is 30.6 Å². The van der Waals surface area contributed by atoms with Gasteiger partial charge in [-0.1, -0.05) is 11.2 Å². The van der Waals surface area contributed by atoms with Gasteiger partial charge in [0.25, 0.3) is 0 Å². The van der Waals surface area contributed by atoms with Gasteiger partial charge in [0.2, 0.25) is 6.79 Å². The number of benzene rings is 1. The molecule has 0 radical (unpaired) electrons. The van der Waals surface area contributed by atoms with Gasteiger partial charge in [-0.25, -0.2) is 9.67 Å². The van der Waals surface area contributed by atoms with Crippen molar-refractivity contribution < 1.29 is 18.7 Å². The van der Waals surface area contributed by atoms with Crippen molar-refractivity contribution in [2.75, 3.05) is 13.9 Å². The fourth-order valence-electron chi connectivity index (χ4n) is 3.25. The van der Waals surface area contributed by atoms with E-state index < -0.39 is 0 Å². The van der Waals surface area contributed by atoms with E-state index >= 15 is 0 Å². The topological polar surface area (TPSA) is 84.4 Å². The summed E-state index contributed by atoms with van der Waals surface area (Å²) in [6, 6.07) is 5.92. The number of aryl methyl sites for hydroxylation is 1. The summed E-state index contributed by atoms with van der Waals surface area (Å²) >= 11 is 0. The molecule has 1 aliphatic heterocycles. The van der Waals surface area contributed by atoms with Crippen LogP contribution in [0.5, 0.6) is 11.5 Å². The van der Waals surface area contributed by atoms with Crippen LogP contribution in [0.15, 0.2) is 22.7 Å². The smallest absolute Gasteiger partial charge is 0.231 e. The van der Waals surface area contributed by atoms with E-state index in [1.54, 1.807) is 7.11 Å². The Morgan fingerprint density at radius 3 is 2.89 bits per heavy atom. The highest BCUT2D eigenvalue weighted by Crippen LogP contribution is 2.39. The second kappa shape index (κ2) is 6.38. The van der Waals surface area contributed by atoms with Crippen molar-refractivity contribution in [3.8, 4) is 23.0 Å². The molecule has 1 saturated carbocycles. The average Bonchev–Trinajstić information content (AvgIpc) is 3.10. The molecule has 5 rings (SSSR count). The number of nitrogens with zero attached hydrogens (tertiary/aromatic N) is 4. The summed E-state index contributed by atoms with van der Waals surface area (Å²) in [7, 11) is 1.66. The summed E-state index contributed by atoms with van der Waals surface area (Å²) in [5, 5.41) is 8.99. The summed E-state index contributed by atoms with van der Waals surface area (Å²) in [6.07, 6.45) is 2.27. The molecule has 140 valence electrons. The zero-order valence-corrected chi connectivity index (χ0v) is 15.3. The summed E-state index contributed by atoms with van der Waals surface area (Å²) in [4.78, 5) is 4.79. The molecule has 0 N–H and O–H groups in total. The first kappa shape index (κ1) is 16.3. The van der Waals surface area contributed by atoms with E-state index in [9.17, 15) is 0 Å². The highest BCUT2D eigenvalue weighted by atomic mass is 16.7.